The van der Waals surface area contributed by atoms with Crippen LogP contribution >= 0.6 is 0 Å². The number of amides is 1. The molecule has 106 valence electrons. The Morgan fingerprint density at radius 1 is 1.40 bits per heavy atom. The van der Waals surface area contributed by atoms with E-state index in [0.29, 0.717) is 12.2 Å². The molecule has 1 aromatic heterocycles. The standard InChI is InChI=1S/C15H19N3O2/c1-3-12(10-20-13-7-5-4-6-8-13)17-15(19)14-9-16-18-11(14)2/h4-9,12H,3,10H2,1-2H3,(H,16,18)(H,17,19)/t12-/m1/s1. The Balaban J connectivity index is 1.89. The lowest BCUT2D eigenvalue weighted by Gasteiger charge is -2.17. The molecule has 0 spiro atoms. The van der Waals surface area contributed by atoms with E-state index < -0.39 is 0 Å². The zero-order valence-electron chi connectivity index (χ0n) is 11.7. The number of aryl methyl sites for hydroxylation is 1. The van der Waals surface area contributed by atoms with Crippen LogP contribution in [0.1, 0.15) is 29.4 Å². The smallest absolute Gasteiger partial charge is 0.255 e. The van der Waals surface area contributed by atoms with Crippen LogP contribution in [0.2, 0.25) is 0 Å². The Hall–Kier alpha value is -2.30. The second-order valence-electron chi connectivity index (χ2n) is 4.61. The average molecular weight is 273 g/mol. The molecule has 2 rings (SSSR count). The van der Waals surface area contributed by atoms with Crippen LogP contribution in [-0.2, 0) is 0 Å². The van der Waals surface area contributed by atoms with Crippen molar-refractivity contribution in [1.29, 1.82) is 0 Å². The fraction of sp³-hybridized carbons (Fsp3) is 0.333. The van der Waals surface area contributed by atoms with Gasteiger partial charge in [-0.25, -0.2) is 0 Å². The summed E-state index contributed by atoms with van der Waals surface area (Å²) in [5, 5.41) is 9.57. The number of carbonyl (C=O) groups is 1. The third kappa shape index (κ3) is 3.60. The lowest BCUT2D eigenvalue weighted by Crippen LogP contribution is -2.38. The van der Waals surface area contributed by atoms with Gasteiger partial charge in [-0.3, -0.25) is 9.89 Å². The third-order valence-corrected chi connectivity index (χ3v) is 3.10. The molecule has 2 aromatic rings. The number of hydrogen-bond acceptors (Lipinski definition) is 3. The summed E-state index contributed by atoms with van der Waals surface area (Å²) in [5.74, 6) is 0.680. The van der Waals surface area contributed by atoms with Crippen LogP contribution in [0.4, 0.5) is 0 Å². The van der Waals surface area contributed by atoms with Crippen molar-refractivity contribution >= 4 is 5.91 Å². The van der Waals surface area contributed by atoms with Crippen LogP contribution in [0.5, 0.6) is 5.75 Å². The van der Waals surface area contributed by atoms with Gasteiger partial charge in [-0.1, -0.05) is 25.1 Å². The maximum absolute atomic E-state index is 12.1. The van der Waals surface area contributed by atoms with Gasteiger partial charge in [0, 0.05) is 5.69 Å². The summed E-state index contributed by atoms with van der Waals surface area (Å²) in [6.07, 6.45) is 2.34. The van der Waals surface area contributed by atoms with Gasteiger partial charge in [0.2, 0.25) is 0 Å². The van der Waals surface area contributed by atoms with Crippen molar-refractivity contribution in [3.05, 3.63) is 47.8 Å². The molecule has 0 aliphatic rings. The Bertz CT molecular complexity index is 551. The van der Waals surface area contributed by atoms with Crippen molar-refractivity contribution < 1.29 is 9.53 Å². The van der Waals surface area contributed by atoms with Gasteiger partial charge in [0.25, 0.3) is 5.91 Å². The predicted molar refractivity (Wildman–Crippen MR) is 76.8 cm³/mol. The largest absolute Gasteiger partial charge is 0.491 e. The summed E-state index contributed by atoms with van der Waals surface area (Å²) in [6, 6.07) is 9.54. The number of rotatable bonds is 6. The minimum Gasteiger partial charge on any atom is -0.491 e. The van der Waals surface area contributed by atoms with Gasteiger partial charge in [-0.05, 0) is 25.5 Å². The van der Waals surface area contributed by atoms with Crippen molar-refractivity contribution in [2.24, 2.45) is 0 Å². The number of H-pyrrole nitrogens is 1. The van der Waals surface area contributed by atoms with Crippen LogP contribution in [0.25, 0.3) is 0 Å². The molecule has 0 saturated carbocycles. The van der Waals surface area contributed by atoms with Gasteiger partial charge in [-0.15, -0.1) is 0 Å². The molecule has 1 amide bonds. The number of para-hydroxylation sites is 1. The van der Waals surface area contributed by atoms with E-state index in [1.807, 2.05) is 44.2 Å². The lowest BCUT2D eigenvalue weighted by molar-refractivity contribution is 0.0919. The topological polar surface area (TPSA) is 67.0 Å². The highest BCUT2D eigenvalue weighted by molar-refractivity contribution is 5.95. The molecule has 5 heteroatoms. The van der Waals surface area contributed by atoms with E-state index in [-0.39, 0.29) is 11.9 Å². The highest BCUT2D eigenvalue weighted by atomic mass is 16.5. The van der Waals surface area contributed by atoms with Crippen LogP contribution in [0.3, 0.4) is 0 Å². The van der Waals surface area contributed by atoms with Crippen LogP contribution in [0, 0.1) is 6.92 Å². The van der Waals surface area contributed by atoms with E-state index in [9.17, 15) is 4.79 Å². The summed E-state index contributed by atoms with van der Waals surface area (Å²) in [5.41, 5.74) is 1.34. The van der Waals surface area contributed by atoms with Crippen molar-refractivity contribution in [1.82, 2.24) is 15.5 Å². The summed E-state index contributed by atoms with van der Waals surface area (Å²) < 4.78 is 5.67. The number of aromatic amines is 1. The Morgan fingerprint density at radius 2 is 2.15 bits per heavy atom. The number of benzene rings is 1. The second-order valence-corrected chi connectivity index (χ2v) is 4.61. The zero-order chi connectivity index (χ0) is 14.4. The molecule has 1 atom stereocenters. The molecular formula is C15H19N3O2. The monoisotopic (exact) mass is 273 g/mol. The molecule has 0 bridgehead atoms. The minimum atomic E-state index is -0.125. The summed E-state index contributed by atoms with van der Waals surface area (Å²) >= 11 is 0. The van der Waals surface area contributed by atoms with Crippen molar-refractivity contribution in [2.45, 2.75) is 26.3 Å². The molecule has 2 N–H and O–H groups in total. The highest BCUT2D eigenvalue weighted by Crippen LogP contribution is 2.10. The van der Waals surface area contributed by atoms with Gasteiger partial charge in [0.05, 0.1) is 17.8 Å². The first-order valence-electron chi connectivity index (χ1n) is 6.69. The zero-order valence-corrected chi connectivity index (χ0v) is 11.7. The van der Waals surface area contributed by atoms with Crippen LogP contribution in [-0.4, -0.2) is 28.8 Å². The Labute approximate surface area is 118 Å². The summed E-state index contributed by atoms with van der Waals surface area (Å²) in [7, 11) is 0. The Morgan fingerprint density at radius 3 is 2.75 bits per heavy atom. The SMILES string of the molecule is CC[C@H](COc1ccccc1)NC(=O)c1cn[nH]c1C. The Kier molecular flexibility index (Phi) is 4.76. The number of hydrogen-bond donors (Lipinski definition) is 2. The average Bonchev–Trinajstić information content (AvgIpc) is 2.90. The minimum absolute atomic E-state index is 0.0305. The third-order valence-electron chi connectivity index (χ3n) is 3.10. The van der Waals surface area contributed by atoms with E-state index in [1.165, 1.54) is 6.20 Å². The van der Waals surface area contributed by atoms with Gasteiger partial charge in [0.1, 0.15) is 12.4 Å². The van der Waals surface area contributed by atoms with E-state index >= 15 is 0 Å². The lowest BCUT2D eigenvalue weighted by atomic mass is 10.2. The summed E-state index contributed by atoms with van der Waals surface area (Å²) in [4.78, 5) is 12.1. The number of nitrogens with zero attached hydrogens (tertiary/aromatic N) is 1. The van der Waals surface area contributed by atoms with Crippen LogP contribution in [0.15, 0.2) is 36.5 Å². The number of aromatic nitrogens is 2. The first kappa shape index (κ1) is 14.1. The van der Waals surface area contributed by atoms with E-state index in [4.69, 9.17) is 4.74 Å². The quantitative estimate of drug-likeness (QED) is 0.848. The van der Waals surface area contributed by atoms with Crippen molar-refractivity contribution in [3.8, 4) is 5.75 Å². The molecule has 0 saturated heterocycles. The maximum atomic E-state index is 12.1. The van der Waals surface area contributed by atoms with E-state index in [1.54, 1.807) is 0 Å². The van der Waals surface area contributed by atoms with Crippen LogP contribution < -0.4 is 10.1 Å². The first-order valence-corrected chi connectivity index (χ1v) is 6.69. The predicted octanol–water partition coefficient (Wildman–Crippen LogP) is 2.31. The molecule has 0 aliphatic heterocycles. The second kappa shape index (κ2) is 6.75. The molecule has 0 unspecified atom stereocenters. The number of nitrogens with one attached hydrogen (secondary N) is 2. The number of carbonyl (C=O) groups excluding carboxylic acids is 1. The molecule has 0 aliphatic carbocycles. The van der Waals surface area contributed by atoms with Gasteiger partial charge < -0.3 is 10.1 Å². The molecule has 1 heterocycles. The molecule has 1 aromatic carbocycles. The van der Waals surface area contributed by atoms with Gasteiger partial charge in [0.15, 0.2) is 0 Å². The molecule has 0 fully saturated rings. The van der Waals surface area contributed by atoms with Crippen molar-refractivity contribution in [3.63, 3.8) is 0 Å². The molecule has 20 heavy (non-hydrogen) atoms. The van der Waals surface area contributed by atoms with Gasteiger partial charge >= 0.3 is 0 Å². The first-order chi connectivity index (χ1) is 9.70. The van der Waals surface area contributed by atoms with E-state index in [2.05, 4.69) is 15.5 Å². The molecule has 5 nitrogen and oxygen atoms in total. The molecule has 0 radical (unpaired) electrons. The number of ether oxygens (including phenoxy) is 1. The van der Waals surface area contributed by atoms with Crippen molar-refractivity contribution in [2.75, 3.05) is 6.61 Å². The fourth-order valence-corrected chi connectivity index (χ4v) is 1.82. The van der Waals surface area contributed by atoms with E-state index in [0.717, 1.165) is 17.9 Å². The maximum Gasteiger partial charge on any atom is 0.255 e. The normalized spacial score (nSPS) is 11.9. The summed E-state index contributed by atoms with van der Waals surface area (Å²) in [6.45, 7) is 4.29. The fourth-order valence-electron chi connectivity index (χ4n) is 1.82. The van der Waals surface area contributed by atoms with Gasteiger partial charge in [-0.2, -0.15) is 5.10 Å². The molecular weight excluding hydrogens is 254 g/mol. The highest BCUT2D eigenvalue weighted by Gasteiger charge is 2.15.